The molecule has 2 rings (SSSR count). The van der Waals surface area contributed by atoms with E-state index in [1.54, 1.807) is 0 Å². The van der Waals surface area contributed by atoms with E-state index in [1.165, 1.54) is 20.8 Å². The van der Waals surface area contributed by atoms with Crippen LogP contribution in [0.15, 0.2) is 29.7 Å². The number of rotatable bonds is 7. The van der Waals surface area contributed by atoms with Crippen LogP contribution in [0.3, 0.4) is 0 Å². The van der Waals surface area contributed by atoms with Crippen molar-refractivity contribution in [2.24, 2.45) is 5.92 Å². The molecule has 29 heavy (non-hydrogen) atoms. The Morgan fingerprint density at radius 3 is 2.66 bits per heavy atom. The van der Waals surface area contributed by atoms with Crippen molar-refractivity contribution < 1.29 is 32.6 Å². The van der Waals surface area contributed by atoms with Gasteiger partial charge in [-0.1, -0.05) is 33.4 Å². The maximum absolute atomic E-state index is 15.3. The summed E-state index contributed by atoms with van der Waals surface area (Å²) in [5.74, 6) is -6.37. The number of esters is 2. The summed E-state index contributed by atoms with van der Waals surface area (Å²) in [6.45, 7) is 7.25. The lowest BCUT2D eigenvalue weighted by atomic mass is 9.95. The summed E-state index contributed by atoms with van der Waals surface area (Å²) in [4.78, 5) is 39.2. The maximum atomic E-state index is 15.3. The Bertz CT molecular complexity index is 856. The molecule has 0 unspecified atom stereocenters. The van der Waals surface area contributed by atoms with Gasteiger partial charge in [0.25, 0.3) is 0 Å². The molecule has 9 nitrogen and oxygen atoms in total. The van der Waals surface area contributed by atoms with Crippen LogP contribution < -0.4 is 11.4 Å². The Balaban J connectivity index is 2.53. The number of halogens is 2. The molecule has 0 radical (unpaired) electrons. The zero-order valence-electron chi connectivity index (χ0n) is 16.3. The molecule has 0 bridgehead atoms. The molecule has 1 aliphatic heterocycles. The second kappa shape index (κ2) is 8.27. The van der Waals surface area contributed by atoms with E-state index in [1.807, 2.05) is 0 Å². The average Bonchev–Trinajstić information content (AvgIpc) is 2.87. The molecular weight excluding hydrogens is 392 g/mol. The van der Waals surface area contributed by atoms with Gasteiger partial charge in [-0.3, -0.25) is 14.2 Å². The first kappa shape index (κ1) is 22.5. The largest absolute Gasteiger partial charge is 0.462 e. The van der Waals surface area contributed by atoms with Gasteiger partial charge in [0.05, 0.1) is 5.92 Å². The number of nitrogens with zero attached hydrogens (tertiary/aromatic N) is 2. The molecule has 2 N–H and O–H groups in total. The molecule has 3 atom stereocenters. The third-order valence-corrected chi connectivity index (χ3v) is 4.36. The van der Waals surface area contributed by atoms with Crippen LogP contribution in [0.2, 0.25) is 0 Å². The predicted molar refractivity (Wildman–Crippen MR) is 96.9 cm³/mol. The molecule has 0 saturated carbocycles. The normalized spacial score (nSPS) is 25.6. The monoisotopic (exact) mass is 415 g/mol. The van der Waals surface area contributed by atoms with E-state index in [2.05, 4.69) is 11.6 Å². The first-order valence-electron chi connectivity index (χ1n) is 8.88. The van der Waals surface area contributed by atoms with Gasteiger partial charge in [-0.25, -0.2) is 4.79 Å². The summed E-state index contributed by atoms with van der Waals surface area (Å²) < 4.78 is 46.7. The number of nitrogen functional groups attached to an aromatic ring is 1. The summed E-state index contributed by atoms with van der Waals surface area (Å²) in [7, 11) is 0. The molecule has 1 aromatic heterocycles. The zero-order valence-corrected chi connectivity index (χ0v) is 16.3. The lowest BCUT2D eigenvalue weighted by Gasteiger charge is -2.31. The van der Waals surface area contributed by atoms with E-state index < -0.39 is 54.0 Å². The standard InChI is InChI=1S/C18H23F2N3O6/c1-5-12(24)27-9-17(6-2)14(28-13(25)10(3)4)18(19,20)15(29-17)23-8-7-11(21)22-16(23)26/h6-8,10,14-15H,2,5,9H2,1,3-4H3,(H2,21,22,26)/t14-,15-,17-/m1/s1. The second-order valence-electron chi connectivity index (χ2n) is 6.83. The molecule has 0 spiro atoms. The minimum Gasteiger partial charge on any atom is -0.462 e. The highest BCUT2D eigenvalue weighted by Crippen LogP contribution is 2.50. The van der Waals surface area contributed by atoms with Crippen LogP contribution in [-0.2, 0) is 23.8 Å². The third-order valence-electron chi connectivity index (χ3n) is 4.36. The average molecular weight is 415 g/mol. The van der Waals surface area contributed by atoms with E-state index in [9.17, 15) is 14.4 Å². The smallest absolute Gasteiger partial charge is 0.351 e. The van der Waals surface area contributed by atoms with Gasteiger partial charge in [-0.15, -0.1) is 0 Å². The van der Waals surface area contributed by atoms with E-state index in [0.717, 1.165) is 18.3 Å². The lowest BCUT2D eigenvalue weighted by molar-refractivity contribution is -0.183. The minimum absolute atomic E-state index is 0.00909. The number of nitrogens with two attached hydrogens (primary N) is 1. The second-order valence-corrected chi connectivity index (χ2v) is 6.83. The van der Waals surface area contributed by atoms with Crippen molar-refractivity contribution in [3.8, 4) is 0 Å². The van der Waals surface area contributed by atoms with Crippen LogP contribution in [0.25, 0.3) is 0 Å². The summed E-state index contributed by atoms with van der Waals surface area (Å²) in [5.41, 5.74) is 2.22. The van der Waals surface area contributed by atoms with Crippen LogP contribution >= 0.6 is 0 Å². The fourth-order valence-corrected chi connectivity index (χ4v) is 2.70. The SMILES string of the molecule is C=C[C@]1(COC(=O)CC)O[C@@H](n2ccc(N)nc2=O)C(F)(F)[C@@H]1OC(=O)C(C)C. The van der Waals surface area contributed by atoms with Crippen LogP contribution in [0.4, 0.5) is 14.6 Å². The minimum atomic E-state index is -3.89. The molecule has 11 heteroatoms. The van der Waals surface area contributed by atoms with E-state index >= 15 is 8.78 Å². The molecule has 0 amide bonds. The number of aromatic nitrogens is 2. The van der Waals surface area contributed by atoms with Crippen molar-refractivity contribution in [2.45, 2.75) is 51.0 Å². The number of ether oxygens (including phenoxy) is 3. The highest BCUT2D eigenvalue weighted by Gasteiger charge is 2.69. The summed E-state index contributed by atoms with van der Waals surface area (Å²) in [5, 5.41) is 0. The fourth-order valence-electron chi connectivity index (χ4n) is 2.70. The van der Waals surface area contributed by atoms with Crippen LogP contribution in [0, 0.1) is 5.92 Å². The Labute approximate surface area is 165 Å². The number of hydrogen-bond donors (Lipinski definition) is 1. The van der Waals surface area contributed by atoms with Crippen LogP contribution in [-0.4, -0.2) is 45.7 Å². The molecule has 1 fully saturated rings. The molecule has 0 aliphatic carbocycles. The first-order valence-corrected chi connectivity index (χ1v) is 8.88. The van der Waals surface area contributed by atoms with Gasteiger partial charge in [0.2, 0.25) is 12.3 Å². The van der Waals surface area contributed by atoms with Gasteiger partial charge in [0.15, 0.2) is 5.60 Å². The maximum Gasteiger partial charge on any atom is 0.351 e. The van der Waals surface area contributed by atoms with E-state index in [-0.39, 0.29) is 12.2 Å². The number of anilines is 1. The van der Waals surface area contributed by atoms with Gasteiger partial charge in [0, 0.05) is 12.6 Å². The molecular formula is C18H23F2N3O6. The highest BCUT2D eigenvalue weighted by molar-refractivity contribution is 5.72. The van der Waals surface area contributed by atoms with Gasteiger partial charge in [-0.2, -0.15) is 13.8 Å². The van der Waals surface area contributed by atoms with Crippen molar-refractivity contribution in [3.63, 3.8) is 0 Å². The van der Waals surface area contributed by atoms with E-state index in [4.69, 9.17) is 19.9 Å². The van der Waals surface area contributed by atoms with Crippen LogP contribution in [0.1, 0.15) is 33.4 Å². The summed E-state index contributed by atoms with van der Waals surface area (Å²) in [6.07, 6.45) is -2.46. The van der Waals surface area contributed by atoms with Crippen molar-refractivity contribution in [1.82, 2.24) is 9.55 Å². The molecule has 1 aromatic rings. The molecule has 1 saturated heterocycles. The number of alkyl halides is 2. The fraction of sp³-hybridized carbons (Fsp3) is 0.556. The van der Waals surface area contributed by atoms with Crippen molar-refractivity contribution in [3.05, 3.63) is 35.4 Å². The number of carbonyl (C=O) groups excluding carboxylic acids is 2. The van der Waals surface area contributed by atoms with E-state index in [0.29, 0.717) is 4.57 Å². The number of hydrogen-bond acceptors (Lipinski definition) is 8. The molecule has 160 valence electrons. The zero-order chi connectivity index (χ0) is 22.0. The Morgan fingerprint density at radius 1 is 1.48 bits per heavy atom. The van der Waals surface area contributed by atoms with Crippen molar-refractivity contribution in [1.29, 1.82) is 0 Å². The van der Waals surface area contributed by atoms with Gasteiger partial charge in [0.1, 0.15) is 12.4 Å². The third kappa shape index (κ3) is 4.29. The lowest BCUT2D eigenvalue weighted by Crippen LogP contribution is -2.51. The van der Waals surface area contributed by atoms with Gasteiger partial charge < -0.3 is 19.9 Å². The summed E-state index contributed by atoms with van der Waals surface area (Å²) in [6, 6.07) is 1.14. The predicted octanol–water partition coefficient (Wildman–Crippen LogP) is 1.44. The summed E-state index contributed by atoms with van der Waals surface area (Å²) >= 11 is 0. The van der Waals surface area contributed by atoms with Gasteiger partial charge in [-0.05, 0) is 6.07 Å². The Hall–Kier alpha value is -2.82. The Kier molecular flexibility index (Phi) is 6.41. The topological polar surface area (TPSA) is 123 Å². The molecule has 2 heterocycles. The molecule has 1 aliphatic rings. The van der Waals surface area contributed by atoms with Crippen molar-refractivity contribution >= 4 is 17.8 Å². The van der Waals surface area contributed by atoms with Crippen LogP contribution in [0.5, 0.6) is 0 Å². The first-order chi connectivity index (χ1) is 13.5. The Morgan fingerprint density at radius 2 is 2.14 bits per heavy atom. The van der Waals surface area contributed by atoms with Crippen molar-refractivity contribution in [2.75, 3.05) is 12.3 Å². The molecule has 0 aromatic carbocycles. The quantitative estimate of drug-likeness (QED) is 0.524. The van der Waals surface area contributed by atoms with Gasteiger partial charge >= 0.3 is 23.6 Å². The highest BCUT2D eigenvalue weighted by atomic mass is 19.3. The number of carbonyl (C=O) groups is 2.